The van der Waals surface area contributed by atoms with Gasteiger partial charge in [-0.15, -0.1) is 0 Å². The Bertz CT molecular complexity index is 341. The van der Waals surface area contributed by atoms with Gasteiger partial charge in [-0.3, -0.25) is 0 Å². The van der Waals surface area contributed by atoms with Gasteiger partial charge in [0.2, 0.25) is 5.88 Å². The highest BCUT2D eigenvalue weighted by atomic mass is 79.9. The highest BCUT2D eigenvalue weighted by molar-refractivity contribution is 9.10. The molecule has 0 atom stereocenters. The Labute approximate surface area is 90.4 Å². The van der Waals surface area contributed by atoms with Crippen molar-refractivity contribution in [3.05, 3.63) is 22.3 Å². The summed E-state index contributed by atoms with van der Waals surface area (Å²) in [5.74, 6) is 0.0569. The maximum absolute atomic E-state index is 11.1. The molecule has 1 aromatic heterocycles. The standard InChI is InChI=1S/C9H10BrNO3/c1-3-14-8-7(10)4-6(5-11-8)9(12)13-2/h4-5H,3H2,1-2H3. The zero-order valence-corrected chi connectivity index (χ0v) is 9.50. The van der Waals surface area contributed by atoms with Crippen LogP contribution in [0.25, 0.3) is 0 Å². The molecule has 0 aliphatic rings. The molecule has 1 heterocycles. The molecule has 0 saturated carbocycles. The number of halogens is 1. The van der Waals surface area contributed by atoms with Crippen molar-refractivity contribution in [2.24, 2.45) is 0 Å². The number of nitrogens with zero attached hydrogens (tertiary/aromatic N) is 1. The number of ether oxygens (including phenoxy) is 2. The topological polar surface area (TPSA) is 48.4 Å². The Morgan fingerprint density at radius 3 is 2.86 bits per heavy atom. The molecule has 0 aromatic carbocycles. The summed E-state index contributed by atoms with van der Waals surface area (Å²) in [6, 6.07) is 1.61. The molecule has 4 nitrogen and oxygen atoms in total. The fourth-order valence-corrected chi connectivity index (χ4v) is 1.36. The first-order valence-electron chi connectivity index (χ1n) is 4.05. The van der Waals surface area contributed by atoms with E-state index in [4.69, 9.17) is 4.74 Å². The molecule has 0 N–H and O–H groups in total. The third-order valence-electron chi connectivity index (χ3n) is 1.51. The summed E-state index contributed by atoms with van der Waals surface area (Å²) in [7, 11) is 1.33. The average Bonchev–Trinajstić information content (AvgIpc) is 2.20. The van der Waals surface area contributed by atoms with Crippen LogP contribution in [0.15, 0.2) is 16.7 Å². The van der Waals surface area contributed by atoms with Crippen molar-refractivity contribution in [2.75, 3.05) is 13.7 Å². The summed E-state index contributed by atoms with van der Waals surface area (Å²) < 4.78 is 10.4. The van der Waals surface area contributed by atoms with Crippen LogP contribution in [0, 0.1) is 0 Å². The second kappa shape index (κ2) is 4.95. The molecule has 0 unspecified atom stereocenters. The molecule has 0 bridgehead atoms. The lowest BCUT2D eigenvalue weighted by atomic mass is 10.3. The first-order chi connectivity index (χ1) is 6.69. The predicted octanol–water partition coefficient (Wildman–Crippen LogP) is 2.03. The van der Waals surface area contributed by atoms with Gasteiger partial charge in [0, 0.05) is 6.20 Å². The summed E-state index contributed by atoms with van der Waals surface area (Å²) >= 11 is 3.25. The van der Waals surface area contributed by atoms with Crippen LogP contribution < -0.4 is 4.74 Å². The van der Waals surface area contributed by atoms with Crippen molar-refractivity contribution in [1.29, 1.82) is 0 Å². The monoisotopic (exact) mass is 259 g/mol. The van der Waals surface area contributed by atoms with E-state index in [-0.39, 0.29) is 0 Å². The minimum atomic E-state index is -0.416. The van der Waals surface area contributed by atoms with Crippen LogP contribution in [0.3, 0.4) is 0 Å². The van der Waals surface area contributed by atoms with Crippen LogP contribution in [-0.4, -0.2) is 24.7 Å². The Hall–Kier alpha value is -1.10. The Balaban J connectivity index is 2.94. The van der Waals surface area contributed by atoms with Gasteiger partial charge in [0.1, 0.15) is 0 Å². The van der Waals surface area contributed by atoms with Crippen LogP contribution >= 0.6 is 15.9 Å². The van der Waals surface area contributed by atoms with Gasteiger partial charge in [-0.25, -0.2) is 9.78 Å². The molecule has 1 aromatic rings. The van der Waals surface area contributed by atoms with Crippen molar-refractivity contribution in [1.82, 2.24) is 4.98 Å². The third kappa shape index (κ3) is 2.45. The number of hydrogen-bond acceptors (Lipinski definition) is 4. The number of methoxy groups -OCH3 is 1. The van der Waals surface area contributed by atoms with Gasteiger partial charge in [-0.1, -0.05) is 0 Å². The molecule has 0 amide bonds. The highest BCUT2D eigenvalue weighted by Gasteiger charge is 2.09. The molecule has 0 aliphatic carbocycles. The summed E-state index contributed by atoms with van der Waals surface area (Å²) in [6.07, 6.45) is 1.42. The van der Waals surface area contributed by atoms with Gasteiger partial charge < -0.3 is 9.47 Å². The van der Waals surface area contributed by atoms with Gasteiger partial charge in [-0.2, -0.15) is 0 Å². The average molecular weight is 260 g/mol. The van der Waals surface area contributed by atoms with Crippen LogP contribution in [-0.2, 0) is 4.74 Å². The quantitative estimate of drug-likeness (QED) is 0.780. The maximum atomic E-state index is 11.1. The second-order valence-corrected chi connectivity index (χ2v) is 3.29. The van der Waals surface area contributed by atoms with Gasteiger partial charge >= 0.3 is 5.97 Å². The molecule has 0 radical (unpaired) electrons. The minimum Gasteiger partial charge on any atom is -0.477 e. The number of carbonyl (C=O) groups is 1. The highest BCUT2D eigenvalue weighted by Crippen LogP contribution is 2.23. The van der Waals surface area contributed by atoms with Gasteiger partial charge in [0.25, 0.3) is 0 Å². The molecule has 76 valence electrons. The number of hydrogen-bond donors (Lipinski definition) is 0. The summed E-state index contributed by atoms with van der Waals surface area (Å²) in [6.45, 7) is 2.39. The van der Waals surface area contributed by atoms with E-state index < -0.39 is 5.97 Å². The molecular formula is C9H10BrNO3. The normalized spacial score (nSPS) is 9.64. The fourth-order valence-electron chi connectivity index (χ4n) is 0.898. The minimum absolute atomic E-state index is 0.392. The lowest BCUT2D eigenvalue weighted by molar-refractivity contribution is 0.0600. The van der Waals surface area contributed by atoms with E-state index in [1.54, 1.807) is 6.07 Å². The first-order valence-corrected chi connectivity index (χ1v) is 4.85. The summed E-state index contributed by atoms with van der Waals surface area (Å²) in [5, 5.41) is 0. The van der Waals surface area contributed by atoms with E-state index in [2.05, 4.69) is 25.7 Å². The number of esters is 1. The maximum Gasteiger partial charge on any atom is 0.339 e. The van der Waals surface area contributed by atoms with Crippen LogP contribution in [0.5, 0.6) is 5.88 Å². The number of pyridine rings is 1. The smallest absolute Gasteiger partial charge is 0.339 e. The Morgan fingerprint density at radius 1 is 1.64 bits per heavy atom. The summed E-state index contributed by atoms with van der Waals surface area (Å²) in [4.78, 5) is 15.1. The van der Waals surface area contributed by atoms with Crippen LogP contribution in [0.1, 0.15) is 17.3 Å². The van der Waals surface area contributed by atoms with E-state index in [9.17, 15) is 4.79 Å². The largest absolute Gasteiger partial charge is 0.477 e. The zero-order valence-electron chi connectivity index (χ0n) is 7.91. The van der Waals surface area contributed by atoms with E-state index in [0.29, 0.717) is 22.5 Å². The van der Waals surface area contributed by atoms with E-state index in [0.717, 1.165) is 0 Å². The van der Waals surface area contributed by atoms with Crippen molar-refractivity contribution >= 4 is 21.9 Å². The van der Waals surface area contributed by atoms with Crippen molar-refractivity contribution in [2.45, 2.75) is 6.92 Å². The number of carbonyl (C=O) groups excluding carboxylic acids is 1. The molecular weight excluding hydrogens is 250 g/mol. The van der Waals surface area contributed by atoms with Crippen molar-refractivity contribution in [3.63, 3.8) is 0 Å². The fraction of sp³-hybridized carbons (Fsp3) is 0.333. The van der Waals surface area contributed by atoms with E-state index in [1.165, 1.54) is 13.3 Å². The lowest BCUT2D eigenvalue weighted by Gasteiger charge is -2.05. The molecule has 0 aliphatic heterocycles. The van der Waals surface area contributed by atoms with Gasteiger partial charge in [0.05, 0.1) is 23.8 Å². The van der Waals surface area contributed by atoms with E-state index in [1.807, 2.05) is 6.92 Å². The lowest BCUT2D eigenvalue weighted by Crippen LogP contribution is -2.03. The molecule has 0 fully saturated rings. The number of rotatable bonds is 3. The third-order valence-corrected chi connectivity index (χ3v) is 2.08. The Kier molecular flexibility index (Phi) is 3.88. The first kappa shape index (κ1) is 11.0. The number of aromatic nitrogens is 1. The van der Waals surface area contributed by atoms with E-state index >= 15 is 0 Å². The molecule has 5 heteroatoms. The van der Waals surface area contributed by atoms with Crippen molar-refractivity contribution in [3.8, 4) is 5.88 Å². The Morgan fingerprint density at radius 2 is 2.36 bits per heavy atom. The molecule has 0 spiro atoms. The zero-order chi connectivity index (χ0) is 10.6. The van der Waals surface area contributed by atoms with Crippen LogP contribution in [0.2, 0.25) is 0 Å². The van der Waals surface area contributed by atoms with Gasteiger partial charge in [-0.05, 0) is 28.9 Å². The van der Waals surface area contributed by atoms with Crippen LogP contribution in [0.4, 0.5) is 0 Å². The predicted molar refractivity (Wildman–Crippen MR) is 54.4 cm³/mol. The molecule has 1 rings (SSSR count). The molecule has 14 heavy (non-hydrogen) atoms. The molecule has 0 saturated heterocycles. The van der Waals surface area contributed by atoms with Gasteiger partial charge in [0.15, 0.2) is 0 Å². The van der Waals surface area contributed by atoms with Crippen molar-refractivity contribution < 1.29 is 14.3 Å². The summed E-state index contributed by atoms with van der Waals surface area (Å²) in [5.41, 5.74) is 0.392. The second-order valence-electron chi connectivity index (χ2n) is 2.44. The SMILES string of the molecule is CCOc1ncc(C(=O)OC)cc1Br.